The van der Waals surface area contributed by atoms with Crippen LogP contribution in [-0.4, -0.2) is 18.8 Å². The fourth-order valence-electron chi connectivity index (χ4n) is 1.79. The van der Waals surface area contributed by atoms with Gasteiger partial charge in [0.1, 0.15) is 0 Å². The predicted molar refractivity (Wildman–Crippen MR) is 67.3 cm³/mol. The van der Waals surface area contributed by atoms with Gasteiger partial charge in [0.05, 0.1) is 11.4 Å². The van der Waals surface area contributed by atoms with Crippen LogP contribution < -0.4 is 4.72 Å². The molecule has 1 aliphatic rings. The standard InChI is InChI=1S/C12H17NO3S/c1-9(14)10-4-2-5-11(8-10)13-17(15,16)12-6-3-7-12/h2,4-5,8-9,12-14H,3,6-7H2,1H3. The van der Waals surface area contributed by atoms with Crippen LogP contribution in [0.4, 0.5) is 5.69 Å². The summed E-state index contributed by atoms with van der Waals surface area (Å²) >= 11 is 0. The summed E-state index contributed by atoms with van der Waals surface area (Å²) in [5, 5.41) is 9.18. The number of aliphatic hydroxyl groups is 1. The van der Waals surface area contributed by atoms with Crippen molar-refractivity contribution < 1.29 is 13.5 Å². The average Bonchev–Trinajstić information content (AvgIpc) is 2.13. The van der Waals surface area contributed by atoms with Crippen LogP contribution in [0.1, 0.15) is 37.9 Å². The van der Waals surface area contributed by atoms with E-state index in [1.807, 2.05) is 0 Å². The highest BCUT2D eigenvalue weighted by molar-refractivity contribution is 7.93. The summed E-state index contributed by atoms with van der Waals surface area (Å²) in [6, 6.07) is 6.87. The molecule has 2 rings (SSSR count). The van der Waals surface area contributed by atoms with E-state index in [2.05, 4.69) is 4.72 Å². The van der Waals surface area contributed by atoms with Crippen LogP contribution in [0, 0.1) is 0 Å². The molecule has 17 heavy (non-hydrogen) atoms. The Morgan fingerprint density at radius 2 is 2.12 bits per heavy atom. The van der Waals surface area contributed by atoms with Crippen molar-refractivity contribution >= 4 is 15.7 Å². The molecule has 1 atom stereocenters. The third-order valence-corrected chi connectivity index (χ3v) is 4.99. The molecule has 1 unspecified atom stereocenters. The minimum absolute atomic E-state index is 0.252. The smallest absolute Gasteiger partial charge is 0.235 e. The number of rotatable bonds is 4. The second kappa shape index (κ2) is 4.66. The van der Waals surface area contributed by atoms with Crippen LogP contribution in [0.25, 0.3) is 0 Å². The van der Waals surface area contributed by atoms with Crippen molar-refractivity contribution in [2.45, 2.75) is 37.5 Å². The van der Waals surface area contributed by atoms with Gasteiger partial charge in [0.25, 0.3) is 0 Å². The van der Waals surface area contributed by atoms with Crippen molar-refractivity contribution in [3.63, 3.8) is 0 Å². The highest BCUT2D eigenvalue weighted by atomic mass is 32.2. The van der Waals surface area contributed by atoms with Gasteiger partial charge in [-0.3, -0.25) is 4.72 Å². The monoisotopic (exact) mass is 255 g/mol. The van der Waals surface area contributed by atoms with Crippen molar-refractivity contribution in [2.75, 3.05) is 4.72 Å². The van der Waals surface area contributed by atoms with Gasteiger partial charge >= 0.3 is 0 Å². The number of aliphatic hydroxyl groups excluding tert-OH is 1. The number of hydrogen-bond acceptors (Lipinski definition) is 3. The molecule has 4 nitrogen and oxygen atoms in total. The molecule has 94 valence electrons. The van der Waals surface area contributed by atoms with Gasteiger partial charge in [-0.1, -0.05) is 18.6 Å². The Labute approximate surface area is 102 Å². The Kier molecular flexibility index (Phi) is 3.40. The van der Waals surface area contributed by atoms with Crippen molar-refractivity contribution in [1.82, 2.24) is 0 Å². The van der Waals surface area contributed by atoms with Gasteiger partial charge in [0.2, 0.25) is 10.0 Å². The topological polar surface area (TPSA) is 66.4 Å². The Balaban J connectivity index is 2.15. The quantitative estimate of drug-likeness (QED) is 0.865. The maximum absolute atomic E-state index is 11.9. The van der Waals surface area contributed by atoms with E-state index in [0.717, 1.165) is 19.3 Å². The van der Waals surface area contributed by atoms with Crippen LogP contribution in [0.2, 0.25) is 0 Å². The highest BCUT2D eigenvalue weighted by Gasteiger charge is 2.31. The Hall–Kier alpha value is -1.07. The van der Waals surface area contributed by atoms with Crippen LogP contribution >= 0.6 is 0 Å². The lowest BCUT2D eigenvalue weighted by atomic mass is 10.0. The first kappa shape index (κ1) is 12.4. The summed E-state index contributed by atoms with van der Waals surface area (Å²) in [5.74, 6) is 0. The normalized spacial score (nSPS) is 18.5. The zero-order valence-corrected chi connectivity index (χ0v) is 10.6. The third kappa shape index (κ3) is 2.79. The van der Waals surface area contributed by atoms with Gasteiger partial charge in [0.15, 0.2) is 0 Å². The molecule has 0 bridgehead atoms. The summed E-state index contributed by atoms with van der Waals surface area (Å²) in [6.07, 6.45) is 1.87. The largest absolute Gasteiger partial charge is 0.389 e. The fraction of sp³-hybridized carbons (Fsp3) is 0.500. The van der Waals surface area contributed by atoms with Crippen LogP contribution in [0.3, 0.4) is 0 Å². The summed E-state index contributed by atoms with van der Waals surface area (Å²) < 4.78 is 26.4. The van der Waals surface area contributed by atoms with Gasteiger partial charge < -0.3 is 5.11 Å². The molecule has 0 aliphatic heterocycles. The van der Waals surface area contributed by atoms with Crippen molar-refractivity contribution in [3.05, 3.63) is 29.8 Å². The van der Waals surface area contributed by atoms with Gasteiger partial charge in [-0.15, -0.1) is 0 Å². The molecule has 1 aliphatic carbocycles. The molecule has 0 amide bonds. The van der Waals surface area contributed by atoms with Crippen LogP contribution in [0.15, 0.2) is 24.3 Å². The SMILES string of the molecule is CC(O)c1cccc(NS(=O)(=O)C2CCC2)c1. The first-order valence-corrected chi connectivity index (χ1v) is 7.33. The summed E-state index contributed by atoms with van der Waals surface area (Å²) in [4.78, 5) is 0. The number of sulfonamides is 1. The molecular formula is C12H17NO3S. The number of hydrogen-bond donors (Lipinski definition) is 2. The Morgan fingerprint density at radius 3 is 2.65 bits per heavy atom. The van der Waals surface area contributed by atoms with E-state index in [-0.39, 0.29) is 5.25 Å². The van der Waals surface area contributed by atoms with E-state index in [1.165, 1.54) is 0 Å². The lowest BCUT2D eigenvalue weighted by Crippen LogP contribution is -2.33. The first-order chi connectivity index (χ1) is 7.99. The van der Waals surface area contributed by atoms with E-state index in [0.29, 0.717) is 11.3 Å². The number of anilines is 1. The van der Waals surface area contributed by atoms with Crippen molar-refractivity contribution in [2.24, 2.45) is 0 Å². The maximum atomic E-state index is 11.9. The average molecular weight is 255 g/mol. The lowest BCUT2D eigenvalue weighted by Gasteiger charge is -2.25. The van der Waals surface area contributed by atoms with E-state index < -0.39 is 16.1 Å². The zero-order chi connectivity index (χ0) is 12.5. The summed E-state index contributed by atoms with van der Waals surface area (Å²) in [5.41, 5.74) is 1.23. The molecule has 0 aromatic heterocycles. The molecule has 1 aromatic rings. The molecular weight excluding hydrogens is 238 g/mol. The van der Waals surface area contributed by atoms with Gasteiger partial charge in [-0.2, -0.15) is 0 Å². The van der Waals surface area contributed by atoms with Gasteiger partial charge in [-0.25, -0.2) is 8.42 Å². The first-order valence-electron chi connectivity index (χ1n) is 5.79. The fourth-order valence-corrected chi connectivity index (χ4v) is 3.37. The second-order valence-corrected chi connectivity index (χ2v) is 6.46. The summed E-state index contributed by atoms with van der Waals surface area (Å²) in [7, 11) is -3.25. The molecule has 2 N–H and O–H groups in total. The van der Waals surface area contributed by atoms with Crippen molar-refractivity contribution in [3.8, 4) is 0 Å². The molecule has 0 saturated heterocycles. The molecule has 0 spiro atoms. The molecule has 1 fully saturated rings. The van der Waals surface area contributed by atoms with Crippen molar-refractivity contribution in [1.29, 1.82) is 0 Å². The highest BCUT2D eigenvalue weighted by Crippen LogP contribution is 2.28. The van der Waals surface area contributed by atoms with Gasteiger partial charge in [0, 0.05) is 5.69 Å². The molecule has 1 aromatic carbocycles. The molecule has 0 heterocycles. The van der Waals surface area contributed by atoms with E-state index >= 15 is 0 Å². The predicted octanol–water partition coefficient (Wildman–Crippen LogP) is 2.03. The second-order valence-electron chi connectivity index (χ2n) is 4.50. The minimum Gasteiger partial charge on any atom is -0.389 e. The Morgan fingerprint density at radius 1 is 1.41 bits per heavy atom. The molecule has 1 saturated carbocycles. The number of nitrogens with one attached hydrogen (secondary N) is 1. The maximum Gasteiger partial charge on any atom is 0.235 e. The number of benzene rings is 1. The lowest BCUT2D eigenvalue weighted by molar-refractivity contribution is 0.199. The van der Waals surface area contributed by atoms with Crippen LogP contribution in [0.5, 0.6) is 0 Å². The summed E-state index contributed by atoms with van der Waals surface area (Å²) in [6.45, 7) is 1.65. The third-order valence-electron chi connectivity index (χ3n) is 3.12. The van der Waals surface area contributed by atoms with Crippen LogP contribution in [-0.2, 0) is 10.0 Å². The van der Waals surface area contributed by atoms with E-state index in [9.17, 15) is 13.5 Å². The van der Waals surface area contributed by atoms with E-state index in [1.54, 1.807) is 31.2 Å². The Bertz CT molecular complexity index is 492. The zero-order valence-electron chi connectivity index (χ0n) is 9.76. The molecule has 0 radical (unpaired) electrons. The minimum atomic E-state index is -3.25. The van der Waals surface area contributed by atoms with Gasteiger partial charge in [-0.05, 0) is 37.5 Å². The molecule has 5 heteroatoms. The van der Waals surface area contributed by atoms with E-state index in [4.69, 9.17) is 0 Å².